The molecule has 3 nitrogen and oxygen atoms in total. The molecular weight excluding hydrogens is 188 g/mol. The second-order valence-electron chi connectivity index (χ2n) is 3.06. The van der Waals surface area contributed by atoms with E-state index in [4.69, 9.17) is 11.6 Å². The van der Waals surface area contributed by atoms with Crippen molar-refractivity contribution in [3.05, 3.63) is 16.4 Å². The highest BCUT2D eigenvalue weighted by Gasteiger charge is 2.13. The molecule has 0 bridgehead atoms. The number of hydrogen-bond acceptors (Lipinski definition) is 2. The van der Waals surface area contributed by atoms with Gasteiger partial charge in [0.1, 0.15) is 5.78 Å². The molecule has 0 N–H and O–H groups in total. The van der Waals surface area contributed by atoms with E-state index in [9.17, 15) is 4.79 Å². The highest BCUT2D eigenvalue weighted by atomic mass is 35.5. The Bertz CT molecular complexity index is 331. The largest absolute Gasteiger partial charge is 0.300 e. The second-order valence-corrected chi connectivity index (χ2v) is 3.44. The van der Waals surface area contributed by atoms with E-state index in [0.29, 0.717) is 11.4 Å². The van der Waals surface area contributed by atoms with Crippen molar-refractivity contribution in [3.8, 4) is 0 Å². The third-order valence-corrected chi connectivity index (χ3v) is 2.36. The molecule has 0 atom stereocenters. The minimum Gasteiger partial charge on any atom is -0.300 e. The number of aromatic nitrogens is 2. The summed E-state index contributed by atoms with van der Waals surface area (Å²) in [6, 6.07) is 0. The SMILES string of the molecule is CCc1nn(C)c(CC(C)=O)c1Cl. The smallest absolute Gasteiger partial charge is 0.135 e. The Morgan fingerprint density at radius 1 is 1.62 bits per heavy atom. The van der Waals surface area contributed by atoms with Gasteiger partial charge in [0.2, 0.25) is 0 Å². The van der Waals surface area contributed by atoms with Crippen LogP contribution in [0.1, 0.15) is 25.2 Å². The van der Waals surface area contributed by atoms with E-state index < -0.39 is 0 Å². The second kappa shape index (κ2) is 3.92. The monoisotopic (exact) mass is 200 g/mol. The number of Topliss-reactive ketones (excluding diaryl/α,β-unsaturated/α-hetero) is 1. The fourth-order valence-corrected chi connectivity index (χ4v) is 1.61. The minimum absolute atomic E-state index is 0.104. The molecule has 4 heteroatoms. The third-order valence-electron chi connectivity index (χ3n) is 1.92. The Labute approximate surface area is 82.7 Å². The average molecular weight is 201 g/mol. The number of aryl methyl sites for hydroxylation is 2. The summed E-state index contributed by atoms with van der Waals surface area (Å²) in [6.07, 6.45) is 1.16. The fourth-order valence-electron chi connectivity index (χ4n) is 1.25. The lowest BCUT2D eigenvalue weighted by Crippen LogP contribution is -2.04. The van der Waals surface area contributed by atoms with Crippen LogP contribution in [0.2, 0.25) is 5.02 Å². The Hall–Kier alpha value is -0.830. The first-order valence-corrected chi connectivity index (χ1v) is 4.63. The van der Waals surface area contributed by atoms with Crippen LogP contribution in [-0.4, -0.2) is 15.6 Å². The summed E-state index contributed by atoms with van der Waals surface area (Å²) in [6.45, 7) is 3.54. The van der Waals surface area contributed by atoms with Gasteiger partial charge in [-0.3, -0.25) is 9.48 Å². The Balaban J connectivity index is 3.05. The lowest BCUT2D eigenvalue weighted by atomic mass is 10.2. The molecule has 0 spiro atoms. The van der Waals surface area contributed by atoms with Crippen LogP contribution in [0.3, 0.4) is 0 Å². The number of carbonyl (C=O) groups is 1. The maximum absolute atomic E-state index is 10.9. The first kappa shape index (κ1) is 10.3. The first-order chi connectivity index (χ1) is 6.06. The van der Waals surface area contributed by atoms with E-state index in [-0.39, 0.29) is 5.78 Å². The van der Waals surface area contributed by atoms with Crippen molar-refractivity contribution in [1.82, 2.24) is 9.78 Å². The zero-order valence-electron chi connectivity index (χ0n) is 8.09. The van der Waals surface area contributed by atoms with Crippen LogP contribution in [0, 0.1) is 0 Å². The summed E-state index contributed by atoms with van der Waals surface area (Å²) in [5.41, 5.74) is 1.67. The molecule has 0 aromatic carbocycles. The normalized spacial score (nSPS) is 10.5. The van der Waals surface area contributed by atoms with Gasteiger partial charge in [0.15, 0.2) is 0 Å². The number of rotatable bonds is 3. The van der Waals surface area contributed by atoms with E-state index in [1.165, 1.54) is 0 Å². The van der Waals surface area contributed by atoms with Gasteiger partial charge >= 0.3 is 0 Å². The molecule has 0 radical (unpaired) electrons. The van der Waals surface area contributed by atoms with E-state index in [1.807, 2.05) is 14.0 Å². The first-order valence-electron chi connectivity index (χ1n) is 4.26. The van der Waals surface area contributed by atoms with Gasteiger partial charge in [0.05, 0.1) is 16.4 Å². The summed E-state index contributed by atoms with van der Waals surface area (Å²) in [7, 11) is 1.81. The number of hydrogen-bond donors (Lipinski definition) is 0. The standard InChI is InChI=1S/C9H13ClN2O/c1-4-7-9(10)8(5-6(2)13)12(3)11-7/h4-5H2,1-3H3. The summed E-state index contributed by atoms with van der Waals surface area (Å²) < 4.78 is 1.68. The molecule has 1 aromatic rings. The lowest BCUT2D eigenvalue weighted by molar-refractivity contribution is -0.116. The average Bonchev–Trinajstić information content (AvgIpc) is 2.31. The predicted molar refractivity (Wildman–Crippen MR) is 52.0 cm³/mol. The highest BCUT2D eigenvalue weighted by Crippen LogP contribution is 2.21. The van der Waals surface area contributed by atoms with Gasteiger partial charge in [-0.05, 0) is 13.3 Å². The number of carbonyl (C=O) groups excluding carboxylic acids is 1. The van der Waals surface area contributed by atoms with Gasteiger partial charge in [-0.25, -0.2) is 0 Å². The maximum atomic E-state index is 10.9. The molecule has 0 aliphatic carbocycles. The Morgan fingerprint density at radius 3 is 2.62 bits per heavy atom. The van der Waals surface area contributed by atoms with Crippen molar-refractivity contribution in [1.29, 1.82) is 0 Å². The summed E-state index contributed by atoms with van der Waals surface area (Å²) in [4.78, 5) is 10.9. The fraction of sp³-hybridized carbons (Fsp3) is 0.556. The van der Waals surface area contributed by atoms with Crippen LogP contribution < -0.4 is 0 Å². The summed E-state index contributed by atoms with van der Waals surface area (Å²) >= 11 is 6.04. The van der Waals surface area contributed by atoms with Gasteiger partial charge in [-0.1, -0.05) is 18.5 Å². The molecule has 13 heavy (non-hydrogen) atoms. The van der Waals surface area contributed by atoms with E-state index in [2.05, 4.69) is 5.10 Å². The molecule has 0 aliphatic heterocycles. The van der Waals surface area contributed by atoms with Crippen LogP contribution in [-0.2, 0) is 24.7 Å². The van der Waals surface area contributed by atoms with E-state index in [0.717, 1.165) is 17.8 Å². The van der Waals surface area contributed by atoms with E-state index >= 15 is 0 Å². The van der Waals surface area contributed by atoms with Crippen LogP contribution >= 0.6 is 11.6 Å². The van der Waals surface area contributed by atoms with Gasteiger partial charge in [0.25, 0.3) is 0 Å². The highest BCUT2D eigenvalue weighted by molar-refractivity contribution is 6.32. The summed E-state index contributed by atoms with van der Waals surface area (Å²) in [5, 5.41) is 4.85. The predicted octanol–water partition coefficient (Wildman–Crippen LogP) is 1.77. The van der Waals surface area contributed by atoms with Gasteiger partial charge in [-0.15, -0.1) is 0 Å². The zero-order chi connectivity index (χ0) is 10.0. The van der Waals surface area contributed by atoms with Crippen LogP contribution in [0.15, 0.2) is 0 Å². The van der Waals surface area contributed by atoms with Crippen molar-refractivity contribution in [2.24, 2.45) is 7.05 Å². The lowest BCUT2D eigenvalue weighted by Gasteiger charge is -1.97. The van der Waals surface area contributed by atoms with Crippen LogP contribution in [0.25, 0.3) is 0 Å². The van der Waals surface area contributed by atoms with Crippen molar-refractivity contribution < 1.29 is 4.79 Å². The van der Waals surface area contributed by atoms with Crippen molar-refractivity contribution in [3.63, 3.8) is 0 Å². The molecule has 0 saturated carbocycles. The van der Waals surface area contributed by atoms with E-state index in [1.54, 1.807) is 11.6 Å². The third kappa shape index (κ3) is 2.10. The van der Waals surface area contributed by atoms with Crippen LogP contribution in [0.5, 0.6) is 0 Å². The molecule has 1 heterocycles. The molecule has 0 fully saturated rings. The van der Waals surface area contributed by atoms with Crippen molar-refractivity contribution in [2.75, 3.05) is 0 Å². The molecule has 0 aliphatic rings. The van der Waals surface area contributed by atoms with Crippen molar-refractivity contribution in [2.45, 2.75) is 26.7 Å². The molecular formula is C9H13ClN2O. The number of halogens is 1. The summed E-state index contributed by atoms with van der Waals surface area (Å²) in [5.74, 6) is 0.104. The maximum Gasteiger partial charge on any atom is 0.135 e. The Morgan fingerprint density at radius 2 is 2.23 bits per heavy atom. The number of nitrogens with zero attached hydrogens (tertiary/aromatic N) is 2. The molecule has 0 unspecified atom stereocenters. The van der Waals surface area contributed by atoms with Gasteiger partial charge in [0, 0.05) is 13.5 Å². The molecule has 0 amide bonds. The quantitative estimate of drug-likeness (QED) is 0.746. The molecule has 1 rings (SSSR count). The topological polar surface area (TPSA) is 34.9 Å². The van der Waals surface area contributed by atoms with Crippen LogP contribution in [0.4, 0.5) is 0 Å². The van der Waals surface area contributed by atoms with Gasteiger partial charge in [-0.2, -0.15) is 5.10 Å². The molecule has 0 saturated heterocycles. The zero-order valence-corrected chi connectivity index (χ0v) is 8.85. The number of ketones is 1. The molecule has 72 valence electrons. The molecule has 1 aromatic heterocycles. The van der Waals surface area contributed by atoms with Gasteiger partial charge < -0.3 is 0 Å². The van der Waals surface area contributed by atoms with Crippen molar-refractivity contribution >= 4 is 17.4 Å². The minimum atomic E-state index is 0.104. The Kier molecular flexibility index (Phi) is 3.09.